The molecule has 4 aliphatic rings. The number of ether oxygens (including phenoxy) is 3. The van der Waals surface area contributed by atoms with E-state index in [0.717, 1.165) is 12.8 Å². The summed E-state index contributed by atoms with van der Waals surface area (Å²) < 4.78 is 52.7. The number of carbonyl (C=O) groups is 2. The molecule has 0 unspecified atom stereocenters. The molecule has 0 N–H and O–H groups in total. The Kier molecular flexibility index (Phi) is 14.1. The van der Waals surface area contributed by atoms with Crippen LogP contribution < -0.4 is 0 Å². The lowest BCUT2D eigenvalue weighted by atomic mass is 9.39. The van der Waals surface area contributed by atoms with Gasteiger partial charge in [-0.1, -0.05) is 82.1 Å². The molecule has 1 amide bonds. The molecule has 11 atom stereocenters. The van der Waals surface area contributed by atoms with E-state index in [2.05, 4.69) is 120 Å². The summed E-state index contributed by atoms with van der Waals surface area (Å²) in [5, 5.41) is -0.245. The normalized spacial score (nSPS) is 35.7. The first kappa shape index (κ1) is 48.8. The molecule has 4 rings (SSSR count). The highest BCUT2D eigenvalue weighted by Crippen LogP contribution is 2.70. The molecular weight excluding hydrogens is 795 g/mol. The Hall–Kier alpha value is -1.65. The van der Waals surface area contributed by atoms with Crippen LogP contribution in [-0.2, 0) is 27.9 Å². The third-order valence-corrected chi connectivity index (χ3v) is 25.4. The van der Waals surface area contributed by atoms with Gasteiger partial charge in [0.1, 0.15) is 17.1 Å². The molecular formula is C51H91NO7Si2. The minimum atomic E-state index is -2.59. The summed E-state index contributed by atoms with van der Waals surface area (Å²) in [6.45, 7) is 43.4. The second-order valence-electron chi connectivity index (χ2n) is 25.3. The number of ketones is 1. The van der Waals surface area contributed by atoms with Gasteiger partial charge in [0.2, 0.25) is 5.78 Å². The highest BCUT2D eigenvalue weighted by Gasteiger charge is 2.68. The first-order valence-electron chi connectivity index (χ1n) is 24.5. The second-order valence-corrected chi connectivity index (χ2v) is 34.7. The molecule has 0 aromatic heterocycles. The van der Waals surface area contributed by atoms with Crippen molar-refractivity contribution in [1.29, 1.82) is 0 Å². The van der Waals surface area contributed by atoms with Crippen molar-refractivity contribution in [3.63, 3.8) is 0 Å². The third kappa shape index (κ3) is 10.7. The van der Waals surface area contributed by atoms with Crippen LogP contribution in [0.1, 0.15) is 159 Å². The van der Waals surface area contributed by atoms with Crippen LogP contribution in [-0.4, -0.2) is 77.2 Å². The van der Waals surface area contributed by atoms with Crippen molar-refractivity contribution in [3.8, 4) is 11.8 Å². The van der Waals surface area contributed by atoms with Crippen LogP contribution in [0, 0.1) is 63.6 Å². The standard InChI is InChI=1S/C51H91NO7Si2/c1-34-27-36(3)39-31-41(59-61(21,22)47(10,11)12)43-49(15,40(39)30-34)32-42(55-18)50(16,51(43,17)25-26-56-60(19,20)46(7,8)9)24-23-37(53)28-35(2)29-38-33-52(48(13,14)57-38)44(54)58-45(4,5)6/h32,34-36,38-41,43H,25-31,33H2,1-22H3/t34-,35+,36+,38+,39+,40+,41-,43-,49-,50+,51-/m0/s1/i26D2. The van der Waals surface area contributed by atoms with Gasteiger partial charge in [0.05, 0.1) is 27.9 Å². The van der Waals surface area contributed by atoms with Crippen molar-refractivity contribution >= 4 is 28.5 Å². The second kappa shape index (κ2) is 17.6. The average Bonchev–Trinajstić information content (AvgIpc) is 3.36. The van der Waals surface area contributed by atoms with Gasteiger partial charge in [0, 0.05) is 25.0 Å². The number of Topliss-reactive ketones (excluding diaryl/α,β-unsaturated/α-hetero) is 1. The number of allylic oxidation sites excluding steroid dienone is 2. The average molecular weight is 888 g/mol. The molecule has 0 radical (unpaired) electrons. The number of hydrogen-bond donors (Lipinski definition) is 0. The highest BCUT2D eigenvalue weighted by molar-refractivity contribution is 6.74. The van der Waals surface area contributed by atoms with Gasteiger partial charge >= 0.3 is 6.09 Å². The monoisotopic (exact) mass is 888 g/mol. The highest BCUT2D eigenvalue weighted by atomic mass is 28.4. The van der Waals surface area contributed by atoms with E-state index in [1.807, 2.05) is 41.5 Å². The van der Waals surface area contributed by atoms with E-state index in [-0.39, 0.29) is 52.7 Å². The first-order chi connectivity index (χ1) is 28.2. The Morgan fingerprint density at radius 2 is 1.54 bits per heavy atom. The fraction of sp³-hybridized carbons (Fsp3) is 0.882. The Labute approximate surface area is 379 Å². The lowest BCUT2D eigenvalue weighted by Gasteiger charge is -2.67. The molecule has 1 saturated heterocycles. The maximum atomic E-state index is 14.2. The summed E-state index contributed by atoms with van der Waals surface area (Å²) in [4.78, 5) is 28.9. The van der Waals surface area contributed by atoms with Crippen LogP contribution in [0.4, 0.5) is 4.79 Å². The molecule has 0 spiro atoms. The van der Waals surface area contributed by atoms with Crippen molar-refractivity contribution in [2.45, 2.75) is 216 Å². The minimum Gasteiger partial charge on any atom is -0.500 e. The van der Waals surface area contributed by atoms with Crippen LogP contribution >= 0.6 is 0 Å². The van der Waals surface area contributed by atoms with Crippen molar-refractivity contribution in [1.82, 2.24) is 4.90 Å². The van der Waals surface area contributed by atoms with Crippen molar-refractivity contribution in [3.05, 3.63) is 11.8 Å². The lowest BCUT2D eigenvalue weighted by Crippen LogP contribution is -2.66. The zero-order chi connectivity index (χ0) is 48.5. The van der Waals surface area contributed by atoms with Gasteiger partial charge in [-0.3, -0.25) is 9.69 Å². The van der Waals surface area contributed by atoms with Crippen LogP contribution in [0.15, 0.2) is 11.8 Å². The van der Waals surface area contributed by atoms with Gasteiger partial charge in [-0.15, -0.1) is 0 Å². The molecule has 3 aliphatic carbocycles. The maximum Gasteiger partial charge on any atom is 0.412 e. The van der Waals surface area contributed by atoms with Gasteiger partial charge < -0.3 is 23.1 Å². The topological polar surface area (TPSA) is 83.5 Å². The molecule has 1 aliphatic heterocycles. The van der Waals surface area contributed by atoms with Crippen molar-refractivity contribution < 1.29 is 35.4 Å². The molecule has 3 fully saturated rings. The molecule has 0 aromatic rings. The quantitative estimate of drug-likeness (QED) is 0.116. The summed E-state index contributed by atoms with van der Waals surface area (Å²) in [6.07, 6.45) is 5.55. The summed E-state index contributed by atoms with van der Waals surface area (Å²) >= 11 is 0. The van der Waals surface area contributed by atoms with Gasteiger partial charge in [-0.05, 0) is 162 Å². The van der Waals surface area contributed by atoms with E-state index in [1.165, 1.54) is 6.42 Å². The summed E-state index contributed by atoms with van der Waals surface area (Å²) in [5.41, 5.74) is -3.85. The fourth-order valence-corrected chi connectivity index (χ4v) is 13.2. The van der Waals surface area contributed by atoms with Crippen LogP contribution in [0.5, 0.6) is 0 Å². The predicted molar refractivity (Wildman–Crippen MR) is 255 cm³/mol. The maximum absolute atomic E-state index is 14.2. The van der Waals surface area contributed by atoms with Crippen molar-refractivity contribution in [2.24, 2.45) is 51.8 Å². The Morgan fingerprint density at radius 1 is 0.951 bits per heavy atom. The van der Waals surface area contributed by atoms with Crippen LogP contribution in [0.25, 0.3) is 0 Å². The SMILES string of the molecule is [2H]C([2H])(C[C@@]1(C)[C@H]2[C@@H](O[Si](C)(C)C(C)(C)C)C[C@@H]3[C@H](C)C[C@H](C)C[C@H]3[C@]2(C)C=C(OC)[C@@]1(C)C#CC(=O)C[C@@H](C)C[C@@H]1CN(C(=O)OC(C)(C)C)C(C)(C)O1)O[Si](C)(C)C(C)(C)C. The van der Waals surface area contributed by atoms with E-state index in [4.69, 9.17) is 23.1 Å². The molecule has 350 valence electrons. The predicted octanol–water partition coefficient (Wildman–Crippen LogP) is 13.0. The molecule has 1 heterocycles. The smallest absolute Gasteiger partial charge is 0.412 e. The summed E-state index contributed by atoms with van der Waals surface area (Å²) in [6, 6.07) is 0. The number of nitrogens with zero attached hydrogens (tertiary/aromatic N) is 1. The van der Waals surface area contributed by atoms with Gasteiger partial charge in [0.15, 0.2) is 16.6 Å². The number of hydrogen-bond acceptors (Lipinski definition) is 7. The zero-order valence-corrected chi connectivity index (χ0v) is 45.0. The molecule has 0 bridgehead atoms. The summed E-state index contributed by atoms with van der Waals surface area (Å²) in [5.74, 6) is 8.85. The zero-order valence-electron chi connectivity index (χ0n) is 45.0. The van der Waals surface area contributed by atoms with Gasteiger partial charge in [-0.2, -0.15) is 0 Å². The van der Waals surface area contributed by atoms with E-state index >= 15 is 0 Å². The van der Waals surface area contributed by atoms with Gasteiger partial charge in [-0.25, -0.2) is 4.79 Å². The fourth-order valence-electron chi connectivity index (χ4n) is 11.1. The number of methoxy groups -OCH3 is 1. The third-order valence-electron chi connectivity index (χ3n) is 16.6. The number of fused-ring (bicyclic) bond motifs is 3. The molecule has 2 saturated carbocycles. The number of rotatable bonds is 11. The molecule has 10 heteroatoms. The van der Waals surface area contributed by atoms with E-state index < -0.39 is 56.9 Å². The van der Waals surface area contributed by atoms with E-state index in [9.17, 15) is 12.3 Å². The van der Waals surface area contributed by atoms with Crippen molar-refractivity contribution in [2.75, 3.05) is 20.2 Å². The molecule has 61 heavy (non-hydrogen) atoms. The summed E-state index contributed by atoms with van der Waals surface area (Å²) in [7, 11) is -3.23. The number of amides is 1. The number of carbonyl (C=O) groups excluding carboxylic acids is 2. The molecule has 0 aromatic carbocycles. The largest absolute Gasteiger partial charge is 0.500 e. The Balaban J connectivity index is 1.84. The van der Waals surface area contributed by atoms with Crippen LogP contribution in [0.2, 0.25) is 36.3 Å². The van der Waals surface area contributed by atoms with Crippen LogP contribution in [0.3, 0.4) is 0 Å². The van der Waals surface area contributed by atoms with E-state index in [0.29, 0.717) is 42.4 Å². The lowest BCUT2D eigenvalue weighted by molar-refractivity contribution is -0.177. The van der Waals surface area contributed by atoms with E-state index in [1.54, 1.807) is 12.0 Å². The Morgan fingerprint density at radius 3 is 2.08 bits per heavy atom. The first-order valence-corrected chi connectivity index (χ1v) is 29.4. The minimum absolute atomic E-state index is 0.0366. The molecule has 8 nitrogen and oxygen atoms in total. The van der Waals surface area contributed by atoms with Gasteiger partial charge in [0.25, 0.3) is 0 Å². The Bertz CT molecular complexity index is 1780.